The molecule has 0 atom stereocenters. The van der Waals surface area contributed by atoms with Gasteiger partial charge in [0.1, 0.15) is 18.0 Å². The largest absolute Gasteiger partial charge is 0.366 e. The van der Waals surface area contributed by atoms with Gasteiger partial charge in [-0.3, -0.25) is 0 Å². The van der Waals surface area contributed by atoms with Crippen LogP contribution in [-0.2, 0) is 0 Å². The van der Waals surface area contributed by atoms with Crippen molar-refractivity contribution in [2.45, 2.75) is 0 Å². The van der Waals surface area contributed by atoms with Crippen LogP contribution in [0.1, 0.15) is 0 Å². The fraction of sp³-hybridized carbons (Fsp3) is 0.0769. The fourth-order valence-corrected chi connectivity index (χ4v) is 1.77. The number of benzene rings is 1. The molecule has 0 radical (unpaired) electrons. The molecular weight excluding hydrogens is 283 g/mol. The van der Waals surface area contributed by atoms with E-state index in [4.69, 9.17) is 23.2 Å². The summed E-state index contributed by atoms with van der Waals surface area (Å²) in [6, 6.07) is 6.97. The molecule has 2 rings (SSSR count). The summed E-state index contributed by atoms with van der Waals surface area (Å²) in [6.07, 6.45) is 3.22. The van der Waals surface area contributed by atoms with Crippen LogP contribution in [0, 0.1) is 0 Å². The summed E-state index contributed by atoms with van der Waals surface area (Å²) < 4.78 is 0. The van der Waals surface area contributed by atoms with Crippen molar-refractivity contribution in [3.05, 3.63) is 53.3 Å². The molecule has 0 saturated carbocycles. The van der Waals surface area contributed by atoms with Gasteiger partial charge in [-0.2, -0.15) is 0 Å². The first-order valence-corrected chi connectivity index (χ1v) is 6.33. The van der Waals surface area contributed by atoms with Gasteiger partial charge in [0.05, 0.1) is 10.7 Å². The van der Waals surface area contributed by atoms with Gasteiger partial charge in [0.25, 0.3) is 0 Å². The van der Waals surface area contributed by atoms with Crippen molar-refractivity contribution in [2.75, 3.05) is 17.2 Å². The lowest BCUT2D eigenvalue weighted by atomic mass is 10.3. The second kappa shape index (κ2) is 6.41. The molecule has 0 aliphatic rings. The average Bonchev–Trinajstić information content (AvgIpc) is 2.41. The third-order valence-corrected chi connectivity index (χ3v) is 2.85. The van der Waals surface area contributed by atoms with E-state index in [0.29, 0.717) is 33.9 Å². The van der Waals surface area contributed by atoms with E-state index in [1.54, 1.807) is 30.3 Å². The summed E-state index contributed by atoms with van der Waals surface area (Å²) in [7, 11) is 0. The Morgan fingerprint density at radius 2 is 1.95 bits per heavy atom. The molecule has 1 aromatic heterocycles. The zero-order valence-corrected chi connectivity index (χ0v) is 11.5. The van der Waals surface area contributed by atoms with Crippen molar-refractivity contribution in [3.8, 4) is 0 Å². The van der Waals surface area contributed by atoms with Gasteiger partial charge in [-0.25, -0.2) is 9.97 Å². The first-order chi connectivity index (χ1) is 9.19. The van der Waals surface area contributed by atoms with Crippen LogP contribution in [0.15, 0.2) is 43.2 Å². The SMILES string of the molecule is C=CCNc1cc(Nc2cc(Cl)ccc2Cl)ncn1. The highest BCUT2D eigenvalue weighted by molar-refractivity contribution is 6.35. The van der Waals surface area contributed by atoms with E-state index < -0.39 is 0 Å². The summed E-state index contributed by atoms with van der Waals surface area (Å²) >= 11 is 12.0. The number of nitrogens with one attached hydrogen (secondary N) is 2. The van der Waals surface area contributed by atoms with Gasteiger partial charge in [-0.15, -0.1) is 6.58 Å². The summed E-state index contributed by atoms with van der Waals surface area (Å²) in [6.45, 7) is 4.27. The lowest BCUT2D eigenvalue weighted by Crippen LogP contribution is -2.02. The fourth-order valence-electron chi connectivity index (χ4n) is 1.43. The van der Waals surface area contributed by atoms with Crippen molar-refractivity contribution in [3.63, 3.8) is 0 Å². The zero-order chi connectivity index (χ0) is 13.7. The molecule has 98 valence electrons. The minimum absolute atomic E-state index is 0.573. The normalized spacial score (nSPS) is 10.0. The van der Waals surface area contributed by atoms with E-state index >= 15 is 0 Å². The van der Waals surface area contributed by atoms with Crippen LogP contribution in [0.25, 0.3) is 0 Å². The monoisotopic (exact) mass is 294 g/mol. The van der Waals surface area contributed by atoms with Crippen LogP contribution in [-0.4, -0.2) is 16.5 Å². The van der Waals surface area contributed by atoms with Crippen molar-refractivity contribution in [2.24, 2.45) is 0 Å². The van der Waals surface area contributed by atoms with E-state index in [9.17, 15) is 0 Å². The Hall–Kier alpha value is -1.78. The first kappa shape index (κ1) is 13.6. The molecule has 0 aliphatic heterocycles. The molecule has 1 heterocycles. The Bertz CT molecular complexity index is 587. The smallest absolute Gasteiger partial charge is 0.135 e. The molecular formula is C13H12Cl2N4. The summed E-state index contributed by atoms with van der Waals surface area (Å²) in [5.74, 6) is 1.33. The number of hydrogen-bond donors (Lipinski definition) is 2. The second-order valence-electron chi connectivity index (χ2n) is 3.71. The Morgan fingerprint density at radius 1 is 1.16 bits per heavy atom. The lowest BCUT2D eigenvalue weighted by molar-refractivity contribution is 1.14. The predicted molar refractivity (Wildman–Crippen MR) is 80.5 cm³/mol. The van der Waals surface area contributed by atoms with E-state index in [-0.39, 0.29) is 0 Å². The standard InChI is InChI=1S/C13H12Cl2N4/c1-2-5-16-12-7-13(18-8-17-12)19-11-6-9(14)3-4-10(11)15/h2-4,6-8H,1,5H2,(H2,16,17,18,19). The number of halogens is 2. The molecule has 19 heavy (non-hydrogen) atoms. The molecule has 1 aromatic carbocycles. The van der Waals surface area contributed by atoms with Crippen LogP contribution in [0.5, 0.6) is 0 Å². The van der Waals surface area contributed by atoms with Gasteiger partial charge in [0.2, 0.25) is 0 Å². The third kappa shape index (κ3) is 3.84. The molecule has 0 spiro atoms. The Kier molecular flexibility index (Phi) is 4.60. The highest BCUT2D eigenvalue weighted by Gasteiger charge is 2.03. The van der Waals surface area contributed by atoms with Gasteiger partial charge >= 0.3 is 0 Å². The van der Waals surface area contributed by atoms with E-state index in [1.807, 2.05) is 0 Å². The lowest BCUT2D eigenvalue weighted by Gasteiger charge is -2.09. The molecule has 0 bridgehead atoms. The van der Waals surface area contributed by atoms with E-state index in [1.165, 1.54) is 6.33 Å². The number of rotatable bonds is 5. The predicted octanol–water partition coefficient (Wildman–Crippen LogP) is 4.12. The van der Waals surface area contributed by atoms with Crippen LogP contribution in [0.4, 0.5) is 17.3 Å². The maximum atomic E-state index is 6.08. The molecule has 0 aliphatic carbocycles. The number of nitrogens with zero attached hydrogens (tertiary/aromatic N) is 2. The number of aromatic nitrogens is 2. The average molecular weight is 295 g/mol. The molecule has 0 amide bonds. The van der Waals surface area contributed by atoms with E-state index in [0.717, 1.165) is 0 Å². The summed E-state index contributed by atoms with van der Waals surface area (Å²) in [5.41, 5.74) is 0.697. The van der Waals surface area contributed by atoms with Gasteiger partial charge < -0.3 is 10.6 Å². The maximum Gasteiger partial charge on any atom is 0.135 e. The first-order valence-electron chi connectivity index (χ1n) is 5.58. The quantitative estimate of drug-likeness (QED) is 0.814. The number of anilines is 3. The Labute approximate surface area is 121 Å². The maximum absolute atomic E-state index is 6.08. The van der Waals surface area contributed by atoms with Crippen molar-refractivity contribution < 1.29 is 0 Å². The van der Waals surface area contributed by atoms with Gasteiger partial charge in [-0.1, -0.05) is 29.3 Å². The molecule has 0 unspecified atom stereocenters. The summed E-state index contributed by atoms with van der Waals surface area (Å²) in [4.78, 5) is 8.21. The third-order valence-electron chi connectivity index (χ3n) is 2.29. The van der Waals surface area contributed by atoms with Crippen LogP contribution in [0.3, 0.4) is 0 Å². The minimum atomic E-state index is 0.573. The van der Waals surface area contributed by atoms with Gasteiger partial charge in [-0.05, 0) is 18.2 Å². The highest BCUT2D eigenvalue weighted by Crippen LogP contribution is 2.28. The molecule has 4 nitrogen and oxygen atoms in total. The minimum Gasteiger partial charge on any atom is -0.366 e. The van der Waals surface area contributed by atoms with Crippen LogP contribution in [0.2, 0.25) is 10.0 Å². The zero-order valence-electron chi connectivity index (χ0n) is 10.0. The van der Waals surface area contributed by atoms with E-state index in [2.05, 4.69) is 27.2 Å². The van der Waals surface area contributed by atoms with Crippen LogP contribution >= 0.6 is 23.2 Å². The molecule has 0 fully saturated rings. The summed E-state index contributed by atoms with van der Waals surface area (Å²) in [5, 5.41) is 7.35. The Morgan fingerprint density at radius 3 is 2.74 bits per heavy atom. The molecule has 0 saturated heterocycles. The highest BCUT2D eigenvalue weighted by atomic mass is 35.5. The van der Waals surface area contributed by atoms with Crippen molar-refractivity contribution in [1.29, 1.82) is 0 Å². The molecule has 2 N–H and O–H groups in total. The topological polar surface area (TPSA) is 49.8 Å². The van der Waals surface area contributed by atoms with Crippen LogP contribution < -0.4 is 10.6 Å². The second-order valence-corrected chi connectivity index (χ2v) is 4.55. The van der Waals surface area contributed by atoms with Gasteiger partial charge in [0, 0.05) is 17.6 Å². The van der Waals surface area contributed by atoms with Crippen molar-refractivity contribution in [1.82, 2.24) is 9.97 Å². The van der Waals surface area contributed by atoms with Gasteiger partial charge in [0.15, 0.2) is 0 Å². The molecule has 2 aromatic rings. The van der Waals surface area contributed by atoms with Crippen molar-refractivity contribution >= 4 is 40.5 Å². The number of hydrogen-bond acceptors (Lipinski definition) is 4. The Balaban J connectivity index is 2.18. The molecule has 6 heteroatoms.